The standard InChI is InChI=1S/C16H23NO2/c1-12(2)6-5-9-17-11-14-8-4-3-7-13(14)10-15(17)16(18)19/h3-4,7-8,12,15H,5-6,9-11H2,1-2H3,(H,18,19). The van der Waals surface area contributed by atoms with Crippen molar-refractivity contribution in [3.63, 3.8) is 0 Å². The summed E-state index contributed by atoms with van der Waals surface area (Å²) in [6.07, 6.45) is 2.86. The highest BCUT2D eigenvalue weighted by molar-refractivity contribution is 5.74. The fourth-order valence-electron chi connectivity index (χ4n) is 2.76. The fraction of sp³-hybridized carbons (Fsp3) is 0.562. The second-order valence-electron chi connectivity index (χ2n) is 5.83. The van der Waals surface area contributed by atoms with Crippen LogP contribution in [0.15, 0.2) is 24.3 Å². The lowest BCUT2D eigenvalue weighted by atomic mass is 9.93. The molecule has 0 saturated carbocycles. The molecule has 0 fully saturated rings. The quantitative estimate of drug-likeness (QED) is 0.886. The largest absolute Gasteiger partial charge is 0.480 e. The molecule has 1 aliphatic rings. The first-order chi connectivity index (χ1) is 9.08. The Morgan fingerprint density at radius 2 is 2.05 bits per heavy atom. The van der Waals surface area contributed by atoms with Crippen molar-refractivity contribution in [2.24, 2.45) is 5.92 Å². The maximum atomic E-state index is 11.4. The maximum Gasteiger partial charge on any atom is 0.321 e. The number of carboxylic acids is 1. The Labute approximate surface area is 115 Å². The van der Waals surface area contributed by atoms with Crippen molar-refractivity contribution in [3.8, 4) is 0 Å². The molecule has 1 aliphatic heterocycles. The zero-order valence-corrected chi connectivity index (χ0v) is 11.8. The zero-order chi connectivity index (χ0) is 13.8. The molecule has 1 atom stereocenters. The van der Waals surface area contributed by atoms with Crippen LogP contribution in [0.25, 0.3) is 0 Å². The van der Waals surface area contributed by atoms with Crippen LogP contribution < -0.4 is 0 Å². The van der Waals surface area contributed by atoms with Crippen LogP contribution in [0.1, 0.15) is 37.8 Å². The number of benzene rings is 1. The van der Waals surface area contributed by atoms with Gasteiger partial charge >= 0.3 is 5.97 Å². The fourth-order valence-corrected chi connectivity index (χ4v) is 2.76. The van der Waals surface area contributed by atoms with Gasteiger partial charge in [0.25, 0.3) is 0 Å². The van der Waals surface area contributed by atoms with E-state index in [0.29, 0.717) is 12.3 Å². The number of aliphatic carboxylic acids is 1. The van der Waals surface area contributed by atoms with Crippen molar-refractivity contribution < 1.29 is 9.90 Å². The lowest BCUT2D eigenvalue weighted by Crippen LogP contribution is -2.45. The molecule has 0 spiro atoms. The Hall–Kier alpha value is -1.35. The smallest absolute Gasteiger partial charge is 0.321 e. The van der Waals surface area contributed by atoms with Gasteiger partial charge in [-0.3, -0.25) is 9.69 Å². The van der Waals surface area contributed by atoms with Gasteiger partial charge in [-0.2, -0.15) is 0 Å². The minimum absolute atomic E-state index is 0.359. The molecule has 2 rings (SSSR count). The summed E-state index contributed by atoms with van der Waals surface area (Å²) in [5.41, 5.74) is 2.47. The number of rotatable bonds is 5. The van der Waals surface area contributed by atoms with Gasteiger partial charge in [0.15, 0.2) is 0 Å². The average Bonchev–Trinajstić information content (AvgIpc) is 2.37. The number of nitrogens with zero attached hydrogens (tertiary/aromatic N) is 1. The summed E-state index contributed by atoms with van der Waals surface area (Å²) in [6, 6.07) is 7.83. The first kappa shape index (κ1) is 14.1. The van der Waals surface area contributed by atoms with E-state index in [1.54, 1.807) is 0 Å². The first-order valence-corrected chi connectivity index (χ1v) is 7.11. The van der Waals surface area contributed by atoms with Crippen LogP contribution in [0.4, 0.5) is 0 Å². The van der Waals surface area contributed by atoms with Crippen LogP contribution in [0.5, 0.6) is 0 Å². The topological polar surface area (TPSA) is 40.5 Å². The Bertz CT molecular complexity index is 442. The molecule has 104 valence electrons. The van der Waals surface area contributed by atoms with Gasteiger partial charge in [0, 0.05) is 6.54 Å². The highest BCUT2D eigenvalue weighted by Crippen LogP contribution is 2.24. The SMILES string of the molecule is CC(C)CCCN1Cc2ccccc2CC1C(=O)O. The normalized spacial score (nSPS) is 19.4. The summed E-state index contributed by atoms with van der Waals surface area (Å²) in [6.45, 7) is 6.06. The summed E-state index contributed by atoms with van der Waals surface area (Å²) in [5, 5.41) is 9.40. The minimum Gasteiger partial charge on any atom is -0.480 e. The average molecular weight is 261 g/mol. The monoisotopic (exact) mass is 261 g/mol. The third kappa shape index (κ3) is 3.57. The van der Waals surface area contributed by atoms with E-state index in [0.717, 1.165) is 25.9 Å². The molecule has 3 heteroatoms. The van der Waals surface area contributed by atoms with E-state index in [-0.39, 0.29) is 6.04 Å². The lowest BCUT2D eigenvalue weighted by molar-refractivity contribution is -0.144. The second-order valence-corrected chi connectivity index (χ2v) is 5.83. The molecule has 0 saturated heterocycles. The van der Waals surface area contributed by atoms with E-state index in [9.17, 15) is 9.90 Å². The zero-order valence-electron chi connectivity index (χ0n) is 11.8. The van der Waals surface area contributed by atoms with Crippen molar-refractivity contribution in [3.05, 3.63) is 35.4 Å². The van der Waals surface area contributed by atoms with Crippen LogP contribution in [0, 0.1) is 5.92 Å². The van der Waals surface area contributed by atoms with E-state index in [2.05, 4.69) is 30.9 Å². The molecule has 0 aromatic heterocycles. The maximum absolute atomic E-state index is 11.4. The molecule has 1 unspecified atom stereocenters. The number of carbonyl (C=O) groups is 1. The van der Waals surface area contributed by atoms with Gasteiger partial charge in [0.05, 0.1) is 0 Å². The molecule has 0 aliphatic carbocycles. The Kier molecular flexibility index (Phi) is 4.59. The number of hydrogen-bond acceptors (Lipinski definition) is 2. The van der Waals surface area contributed by atoms with Crippen LogP contribution in [0.2, 0.25) is 0 Å². The van der Waals surface area contributed by atoms with Gasteiger partial charge in [0.1, 0.15) is 6.04 Å². The van der Waals surface area contributed by atoms with Gasteiger partial charge in [-0.15, -0.1) is 0 Å². The molecule has 1 heterocycles. The second kappa shape index (κ2) is 6.20. The minimum atomic E-state index is -0.695. The van der Waals surface area contributed by atoms with Crippen molar-refractivity contribution in [2.75, 3.05) is 6.54 Å². The molecule has 19 heavy (non-hydrogen) atoms. The van der Waals surface area contributed by atoms with Gasteiger partial charge in [-0.25, -0.2) is 0 Å². The summed E-state index contributed by atoms with van der Waals surface area (Å²) in [5.74, 6) is -0.0144. The first-order valence-electron chi connectivity index (χ1n) is 7.11. The molecule has 1 N–H and O–H groups in total. The lowest BCUT2D eigenvalue weighted by Gasteiger charge is -2.34. The summed E-state index contributed by atoms with van der Waals surface area (Å²) in [4.78, 5) is 13.5. The number of hydrogen-bond donors (Lipinski definition) is 1. The van der Waals surface area contributed by atoms with E-state index in [4.69, 9.17) is 0 Å². The molecule has 1 aromatic rings. The summed E-state index contributed by atoms with van der Waals surface area (Å²) < 4.78 is 0. The number of fused-ring (bicyclic) bond motifs is 1. The van der Waals surface area contributed by atoms with Crippen LogP contribution >= 0.6 is 0 Å². The van der Waals surface area contributed by atoms with E-state index >= 15 is 0 Å². The Morgan fingerprint density at radius 1 is 1.37 bits per heavy atom. The molecule has 1 aromatic carbocycles. The van der Waals surface area contributed by atoms with Gasteiger partial charge in [-0.05, 0) is 42.9 Å². The molecule has 0 bridgehead atoms. The van der Waals surface area contributed by atoms with E-state index in [1.807, 2.05) is 12.1 Å². The predicted octanol–water partition coefficient (Wildman–Crippen LogP) is 2.93. The van der Waals surface area contributed by atoms with Crippen molar-refractivity contribution in [2.45, 2.75) is 45.7 Å². The predicted molar refractivity (Wildman–Crippen MR) is 76.1 cm³/mol. The molecule has 0 radical (unpaired) electrons. The molecule has 0 amide bonds. The molecule has 3 nitrogen and oxygen atoms in total. The Balaban J connectivity index is 2.06. The number of carboxylic acid groups (broad SMARTS) is 1. The summed E-state index contributed by atoms with van der Waals surface area (Å²) in [7, 11) is 0. The van der Waals surface area contributed by atoms with Gasteiger partial charge < -0.3 is 5.11 Å². The highest BCUT2D eigenvalue weighted by atomic mass is 16.4. The molecular formula is C16H23NO2. The van der Waals surface area contributed by atoms with E-state index < -0.39 is 5.97 Å². The van der Waals surface area contributed by atoms with Crippen LogP contribution in [0.3, 0.4) is 0 Å². The third-order valence-electron chi connectivity index (χ3n) is 3.86. The third-order valence-corrected chi connectivity index (χ3v) is 3.86. The van der Waals surface area contributed by atoms with Crippen LogP contribution in [-0.4, -0.2) is 28.6 Å². The molecular weight excluding hydrogens is 238 g/mol. The summed E-state index contributed by atoms with van der Waals surface area (Å²) >= 11 is 0. The highest BCUT2D eigenvalue weighted by Gasteiger charge is 2.30. The van der Waals surface area contributed by atoms with Gasteiger partial charge in [0.2, 0.25) is 0 Å². The van der Waals surface area contributed by atoms with Crippen molar-refractivity contribution >= 4 is 5.97 Å². The van der Waals surface area contributed by atoms with E-state index in [1.165, 1.54) is 11.1 Å². The van der Waals surface area contributed by atoms with Crippen LogP contribution in [-0.2, 0) is 17.8 Å². The van der Waals surface area contributed by atoms with Crippen molar-refractivity contribution in [1.29, 1.82) is 0 Å². The van der Waals surface area contributed by atoms with Gasteiger partial charge in [-0.1, -0.05) is 38.1 Å². The van der Waals surface area contributed by atoms with Crippen molar-refractivity contribution in [1.82, 2.24) is 4.90 Å². The Morgan fingerprint density at radius 3 is 2.68 bits per heavy atom.